The number of para-hydroxylation sites is 1. The second-order valence-corrected chi connectivity index (χ2v) is 11.2. The quantitative estimate of drug-likeness (QED) is 0.322. The third-order valence-corrected chi connectivity index (χ3v) is 8.67. The standard InChI is InChI=1S/C33H31N3O3S/c1-39-30-13-7-10-25-20-35-18-19-40-22-27(35)21-36(31(25)30)33(38)24-14-16-26(17-15-24)34-32(37)29-12-6-5-11-28(29)23-8-3-2-4-9-23/h2-17,27H,18-22H2,1H3,(H,34,37). The molecular formula is C33H31N3O3S. The number of nitrogens with zero attached hydrogens (tertiary/aromatic N) is 2. The van der Waals surface area contributed by atoms with E-state index in [0.29, 0.717) is 29.1 Å². The van der Waals surface area contributed by atoms with E-state index in [9.17, 15) is 9.59 Å². The molecule has 0 aromatic heterocycles. The van der Waals surface area contributed by atoms with Gasteiger partial charge in [-0.15, -0.1) is 0 Å². The summed E-state index contributed by atoms with van der Waals surface area (Å²) in [5.74, 6) is 2.54. The van der Waals surface area contributed by atoms with Crippen LogP contribution >= 0.6 is 11.8 Å². The van der Waals surface area contributed by atoms with Gasteiger partial charge in [0.15, 0.2) is 0 Å². The predicted octanol–water partition coefficient (Wildman–Crippen LogP) is 6.19. The summed E-state index contributed by atoms with van der Waals surface area (Å²) in [6, 6.07) is 30.9. The first-order chi connectivity index (χ1) is 19.6. The zero-order valence-electron chi connectivity index (χ0n) is 22.4. The molecule has 4 aromatic carbocycles. The van der Waals surface area contributed by atoms with Crippen LogP contribution in [-0.2, 0) is 6.54 Å². The summed E-state index contributed by atoms with van der Waals surface area (Å²) < 4.78 is 5.72. The minimum Gasteiger partial charge on any atom is -0.495 e. The normalized spacial score (nSPS) is 16.8. The molecule has 1 saturated heterocycles. The molecule has 0 aliphatic carbocycles. The molecule has 1 unspecified atom stereocenters. The molecule has 2 amide bonds. The van der Waals surface area contributed by atoms with Gasteiger partial charge < -0.3 is 15.0 Å². The molecule has 6 rings (SSSR count). The van der Waals surface area contributed by atoms with Crippen molar-refractivity contribution in [3.8, 4) is 16.9 Å². The van der Waals surface area contributed by atoms with Gasteiger partial charge >= 0.3 is 0 Å². The molecule has 2 aliphatic rings. The van der Waals surface area contributed by atoms with Crippen molar-refractivity contribution in [3.05, 3.63) is 114 Å². The lowest BCUT2D eigenvalue weighted by Crippen LogP contribution is -2.48. The monoisotopic (exact) mass is 549 g/mol. The van der Waals surface area contributed by atoms with Crippen molar-refractivity contribution in [2.45, 2.75) is 12.6 Å². The van der Waals surface area contributed by atoms with Gasteiger partial charge in [-0.2, -0.15) is 11.8 Å². The molecule has 2 heterocycles. The molecule has 0 saturated carbocycles. The fourth-order valence-corrected chi connectivity index (χ4v) is 6.66. The number of amides is 2. The third-order valence-electron chi connectivity index (χ3n) is 7.58. The summed E-state index contributed by atoms with van der Waals surface area (Å²) in [4.78, 5) is 31.6. The minimum absolute atomic E-state index is 0.0736. The number of ether oxygens (including phenoxy) is 1. The first kappa shape index (κ1) is 26.2. The van der Waals surface area contributed by atoms with E-state index in [4.69, 9.17) is 4.74 Å². The summed E-state index contributed by atoms with van der Waals surface area (Å²) in [6.07, 6.45) is 0. The number of carbonyl (C=O) groups is 2. The fraction of sp³-hybridized carbons (Fsp3) is 0.212. The zero-order valence-corrected chi connectivity index (χ0v) is 23.2. The highest BCUT2D eigenvalue weighted by molar-refractivity contribution is 7.99. The molecule has 0 spiro atoms. The highest BCUT2D eigenvalue weighted by Gasteiger charge is 2.34. The number of nitrogens with one attached hydrogen (secondary N) is 1. The maximum absolute atomic E-state index is 14.0. The van der Waals surface area contributed by atoms with Crippen molar-refractivity contribution in [1.29, 1.82) is 0 Å². The number of thioether (sulfide) groups is 1. The molecule has 0 radical (unpaired) electrons. The number of hydrogen-bond donors (Lipinski definition) is 1. The van der Waals surface area contributed by atoms with Gasteiger partial charge in [-0.25, -0.2) is 0 Å². The second kappa shape index (κ2) is 11.6. The Balaban J connectivity index is 1.25. The van der Waals surface area contributed by atoms with Gasteiger partial charge in [0.25, 0.3) is 11.8 Å². The predicted molar refractivity (Wildman–Crippen MR) is 162 cm³/mol. The van der Waals surface area contributed by atoms with Crippen LogP contribution in [0, 0.1) is 0 Å². The van der Waals surface area contributed by atoms with E-state index in [2.05, 4.69) is 16.3 Å². The highest BCUT2D eigenvalue weighted by Crippen LogP contribution is 2.38. The molecule has 1 atom stereocenters. The largest absolute Gasteiger partial charge is 0.495 e. The van der Waals surface area contributed by atoms with E-state index < -0.39 is 0 Å². The van der Waals surface area contributed by atoms with Crippen LogP contribution in [0.4, 0.5) is 11.4 Å². The topological polar surface area (TPSA) is 61.9 Å². The van der Waals surface area contributed by atoms with Crippen LogP contribution in [0.1, 0.15) is 26.3 Å². The van der Waals surface area contributed by atoms with E-state index in [-0.39, 0.29) is 17.9 Å². The Morgan fingerprint density at radius 2 is 1.68 bits per heavy atom. The van der Waals surface area contributed by atoms with Crippen LogP contribution in [0.3, 0.4) is 0 Å². The maximum atomic E-state index is 14.0. The van der Waals surface area contributed by atoms with Gasteiger partial charge in [-0.1, -0.05) is 60.7 Å². The Morgan fingerprint density at radius 3 is 2.48 bits per heavy atom. The lowest BCUT2D eigenvalue weighted by molar-refractivity contribution is 0.0977. The number of benzene rings is 4. The smallest absolute Gasteiger partial charge is 0.258 e. The number of anilines is 2. The van der Waals surface area contributed by atoms with E-state index in [0.717, 1.165) is 47.0 Å². The van der Waals surface area contributed by atoms with Crippen molar-refractivity contribution in [2.75, 3.05) is 41.9 Å². The molecule has 40 heavy (non-hydrogen) atoms. The Hall–Kier alpha value is -4.07. The first-order valence-corrected chi connectivity index (χ1v) is 14.6. The molecule has 0 bridgehead atoms. The lowest BCUT2D eigenvalue weighted by Gasteiger charge is -2.35. The summed E-state index contributed by atoms with van der Waals surface area (Å²) in [5.41, 5.74) is 5.60. The summed E-state index contributed by atoms with van der Waals surface area (Å²) >= 11 is 1.94. The van der Waals surface area contributed by atoms with Crippen LogP contribution in [0.2, 0.25) is 0 Å². The van der Waals surface area contributed by atoms with Crippen molar-refractivity contribution in [2.24, 2.45) is 0 Å². The van der Waals surface area contributed by atoms with Crippen LogP contribution in [-0.4, -0.2) is 54.5 Å². The number of fused-ring (bicyclic) bond motifs is 2. The Bertz CT molecular complexity index is 1520. The summed E-state index contributed by atoms with van der Waals surface area (Å²) in [6.45, 7) is 2.42. The van der Waals surface area contributed by atoms with Gasteiger partial charge in [-0.05, 0) is 53.1 Å². The Kier molecular flexibility index (Phi) is 7.58. The molecule has 202 valence electrons. The molecule has 7 heteroatoms. The van der Waals surface area contributed by atoms with Crippen LogP contribution in [0.15, 0.2) is 97.1 Å². The Labute approximate surface area is 239 Å². The maximum Gasteiger partial charge on any atom is 0.258 e. The number of carbonyl (C=O) groups excluding carboxylic acids is 2. The molecule has 2 aliphatic heterocycles. The number of hydrogen-bond acceptors (Lipinski definition) is 5. The first-order valence-electron chi connectivity index (χ1n) is 13.5. The average molecular weight is 550 g/mol. The van der Waals surface area contributed by atoms with Crippen molar-refractivity contribution < 1.29 is 14.3 Å². The third kappa shape index (κ3) is 5.22. The van der Waals surface area contributed by atoms with Crippen molar-refractivity contribution in [3.63, 3.8) is 0 Å². The number of rotatable bonds is 5. The zero-order chi connectivity index (χ0) is 27.5. The molecule has 6 nitrogen and oxygen atoms in total. The van der Waals surface area contributed by atoms with E-state index in [1.54, 1.807) is 31.4 Å². The summed E-state index contributed by atoms with van der Waals surface area (Å²) in [5, 5.41) is 3.00. The molecule has 1 fully saturated rings. The molecule has 4 aromatic rings. The van der Waals surface area contributed by atoms with E-state index >= 15 is 0 Å². The van der Waals surface area contributed by atoms with Crippen LogP contribution < -0.4 is 15.0 Å². The second-order valence-electron chi connectivity index (χ2n) is 10.0. The number of methoxy groups -OCH3 is 1. The summed E-state index contributed by atoms with van der Waals surface area (Å²) in [7, 11) is 1.65. The van der Waals surface area contributed by atoms with E-state index in [1.165, 1.54) is 0 Å². The van der Waals surface area contributed by atoms with Gasteiger partial charge in [0.2, 0.25) is 0 Å². The average Bonchev–Trinajstić information content (AvgIpc) is 3.18. The van der Waals surface area contributed by atoms with Crippen molar-refractivity contribution in [1.82, 2.24) is 4.90 Å². The van der Waals surface area contributed by atoms with E-state index in [1.807, 2.05) is 83.4 Å². The fourth-order valence-electron chi connectivity index (χ4n) is 5.54. The van der Waals surface area contributed by atoms with Gasteiger partial charge in [0.05, 0.1) is 12.8 Å². The van der Waals surface area contributed by atoms with Crippen molar-refractivity contribution >= 4 is 35.0 Å². The van der Waals surface area contributed by atoms with Gasteiger partial charge in [0, 0.05) is 54.0 Å². The molecular weight excluding hydrogens is 518 g/mol. The highest BCUT2D eigenvalue weighted by atomic mass is 32.2. The van der Waals surface area contributed by atoms with Gasteiger partial charge in [-0.3, -0.25) is 14.5 Å². The van der Waals surface area contributed by atoms with Gasteiger partial charge in [0.1, 0.15) is 5.75 Å². The Morgan fingerprint density at radius 1 is 0.900 bits per heavy atom. The SMILES string of the molecule is COc1cccc2c1N(C(=O)c1ccc(NC(=O)c3ccccc3-c3ccccc3)cc1)CC1CSCCN1C2. The van der Waals surface area contributed by atoms with Crippen LogP contribution in [0.5, 0.6) is 5.75 Å². The lowest BCUT2D eigenvalue weighted by atomic mass is 9.99. The minimum atomic E-state index is -0.195. The molecule has 1 N–H and O–H groups in total. The van der Waals surface area contributed by atoms with Crippen LogP contribution in [0.25, 0.3) is 11.1 Å².